The second-order valence-corrected chi connectivity index (χ2v) is 9.92. The van der Waals surface area contributed by atoms with Crippen molar-refractivity contribution >= 4 is 5.78 Å². The number of allylic oxidation sites excluding steroid dienone is 1. The minimum absolute atomic E-state index is 0.458. The summed E-state index contributed by atoms with van der Waals surface area (Å²) in [5.74, 6) is 4.71. The van der Waals surface area contributed by atoms with Gasteiger partial charge in [0.1, 0.15) is 5.78 Å². The number of hydrogen-bond donors (Lipinski definition) is 0. The Morgan fingerprint density at radius 1 is 1.00 bits per heavy atom. The Kier molecular flexibility index (Phi) is 3.60. The van der Waals surface area contributed by atoms with Crippen LogP contribution in [0.25, 0.3) is 0 Å². The number of rotatable bonds is 1. The van der Waals surface area contributed by atoms with E-state index < -0.39 is 0 Å². The van der Waals surface area contributed by atoms with Gasteiger partial charge in [0.05, 0.1) is 0 Å². The molecule has 1 heteroatoms. The minimum Gasteiger partial charge on any atom is -0.300 e. The van der Waals surface area contributed by atoms with Crippen molar-refractivity contribution in [1.82, 2.24) is 0 Å². The maximum atomic E-state index is 12.0. The van der Waals surface area contributed by atoms with Crippen molar-refractivity contribution in [3.63, 3.8) is 0 Å². The van der Waals surface area contributed by atoms with Crippen LogP contribution in [-0.4, -0.2) is 5.78 Å². The van der Waals surface area contributed by atoms with Crippen molar-refractivity contribution in [2.45, 2.75) is 78.6 Å². The zero-order chi connectivity index (χ0) is 16.4. The lowest BCUT2D eigenvalue weighted by atomic mass is 9.44. The number of carbonyl (C=O) groups excluding carboxylic acids is 1. The molecule has 3 unspecified atom stereocenters. The largest absolute Gasteiger partial charge is 0.300 e. The van der Waals surface area contributed by atoms with Crippen LogP contribution in [0.15, 0.2) is 12.2 Å². The van der Waals surface area contributed by atoms with E-state index in [-0.39, 0.29) is 0 Å². The molecule has 0 amide bonds. The van der Waals surface area contributed by atoms with Crippen molar-refractivity contribution in [1.29, 1.82) is 0 Å². The van der Waals surface area contributed by atoms with E-state index in [1.807, 2.05) is 0 Å². The fourth-order valence-electron chi connectivity index (χ4n) is 7.85. The summed E-state index contributed by atoms with van der Waals surface area (Å²) in [6.07, 6.45) is 11.2. The van der Waals surface area contributed by atoms with Gasteiger partial charge >= 0.3 is 0 Å². The molecule has 4 rings (SSSR count). The topological polar surface area (TPSA) is 17.1 Å². The minimum atomic E-state index is 0.458. The van der Waals surface area contributed by atoms with Gasteiger partial charge in [0.25, 0.3) is 0 Å². The lowest BCUT2D eigenvalue weighted by Crippen LogP contribution is -2.53. The molecule has 1 nitrogen and oxygen atoms in total. The molecule has 7 atom stereocenters. The lowest BCUT2D eigenvalue weighted by Gasteiger charge is -2.60. The van der Waals surface area contributed by atoms with Crippen molar-refractivity contribution in [3.8, 4) is 0 Å². The van der Waals surface area contributed by atoms with Crippen LogP contribution < -0.4 is 0 Å². The molecule has 4 aliphatic carbocycles. The van der Waals surface area contributed by atoms with E-state index in [4.69, 9.17) is 0 Å². The summed E-state index contributed by atoms with van der Waals surface area (Å²) < 4.78 is 0. The quantitative estimate of drug-likeness (QED) is 0.560. The Morgan fingerprint density at radius 3 is 2.48 bits per heavy atom. The van der Waals surface area contributed by atoms with Crippen LogP contribution >= 0.6 is 0 Å². The van der Waals surface area contributed by atoms with Gasteiger partial charge in [-0.3, -0.25) is 4.79 Å². The van der Waals surface area contributed by atoms with E-state index in [1.165, 1.54) is 50.5 Å². The van der Waals surface area contributed by atoms with Crippen LogP contribution in [-0.2, 0) is 4.79 Å². The molecule has 23 heavy (non-hydrogen) atoms. The number of ketones is 1. The maximum absolute atomic E-state index is 12.0. The zero-order valence-electron chi connectivity index (χ0n) is 15.4. The van der Waals surface area contributed by atoms with E-state index in [2.05, 4.69) is 27.4 Å². The van der Waals surface area contributed by atoms with Crippen molar-refractivity contribution in [2.24, 2.45) is 40.4 Å². The van der Waals surface area contributed by atoms with Crippen molar-refractivity contribution in [2.75, 3.05) is 0 Å². The van der Waals surface area contributed by atoms with Crippen LogP contribution in [0.3, 0.4) is 0 Å². The fourth-order valence-corrected chi connectivity index (χ4v) is 7.85. The molecule has 0 bridgehead atoms. The second kappa shape index (κ2) is 5.20. The average Bonchev–Trinajstić information content (AvgIpc) is 2.85. The monoisotopic (exact) mass is 314 g/mol. The Balaban J connectivity index is 1.63. The van der Waals surface area contributed by atoms with Gasteiger partial charge < -0.3 is 0 Å². The molecule has 0 spiro atoms. The summed E-state index contributed by atoms with van der Waals surface area (Å²) in [5, 5.41) is 0. The van der Waals surface area contributed by atoms with Gasteiger partial charge in [0.15, 0.2) is 0 Å². The number of fused-ring (bicyclic) bond motifs is 5. The van der Waals surface area contributed by atoms with Crippen LogP contribution in [0.5, 0.6) is 0 Å². The van der Waals surface area contributed by atoms with Crippen LogP contribution in [0, 0.1) is 40.4 Å². The Hall–Kier alpha value is -0.590. The highest BCUT2D eigenvalue weighted by molar-refractivity contribution is 5.79. The summed E-state index contributed by atoms with van der Waals surface area (Å²) in [6, 6.07) is 0. The Labute approximate surface area is 142 Å². The predicted octanol–water partition coefficient (Wildman–Crippen LogP) is 5.79. The molecule has 0 aromatic carbocycles. The molecular formula is C22H34O. The summed E-state index contributed by atoms with van der Waals surface area (Å²) in [5.41, 5.74) is 2.40. The molecule has 4 fully saturated rings. The molecule has 0 N–H and O–H groups in total. The SMILES string of the molecule is C=C(C)[C@H]1CCC2C3CC[C@H]4CC(=O)CC[C@]4(C)C3CC[C@@]21C. The van der Waals surface area contributed by atoms with Crippen molar-refractivity contribution < 1.29 is 4.79 Å². The molecule has 128 valence electrons. The maximum Gasteiger partial charge on any atom is 0.133 e. The molecule has 0 radical (unpaired) electrons. The summed E-state index contributed by atoms with van der Waals surface area (Å²) in [6.45, 7) is 11.7. The first-order valence-electron chi connectivity index (χ1n) is 10.0. The second-order valence-electron chi connectivity index (χ2n) is 9.92. The zero-order valence-corrected chi connectivity index (χ0v) is 15.4. The molecule has 0 aromatic heterocycles. The third kappa shape index (κ3) is 2.14. The van der Waals surface area contributed by atoms with Gasteiger partial charge in [-0.2, -0.15) is 0 Å². The van der Waals surface area contributed by atoms with E-state index in [1.54, 1.807) is 0 Å². The fraction of sp³-hybridized carbons (Fsp3) is 0.864. The van der Waals surface area contributed by atoms with E-state index in [9.17, 15) is 4.79 Å². The van der Waals surface area contributed by atoms with Gasteiger partial charge in [0, 0.05) is 12.8 Å². The molecule has 4 aliphatic rings. The highest BCUT2D eigenvalue weighted by Crippen LogP contribution is 2.67. The van der Waals surface area contributed by atoms with Gasteiger partial charge in [-0.1, -0.05) is 26.0 Å². The number of hydrogen-bond acceptors (Lipinski definition) is 1. The van der Waals surface area contributed by atoms with Gasteiger partial charge in [-0.15, -0.1) is 0 Å². The Morgan fingerprint density at radius 2 is 1.74 bits per heavy atom. The van der Waals surface area contributed by atoms with Crippen molar-refractivity contribution in [3.05, 3.63) is 12.2 Å². The van der Waals surface area contributed by atoms with E-state index in [0.29, 0.717) is 22.5 Å². The molecular weight excluding hydrogens is 280 g/mol. The highest BCUT2D eigenvalue weighted by Gasteiger charge is 2.60. The lowest BCUT2D eigenvalue weighted by molar-refractivity contribution is -0.139. The molecule has 0 aliphatic heterocycles. The first kappa shape index (κ1) is 15.9. The smallest absolute Gasteiger partial charge is 0.133 e. The average molecular weight is 315 g/mol. The standard InChI is InChI=1S/C22H34O/c1-14(2)18-7-8-19-17-6-5-15-13-16(23)9-11-21(15,3)20(17)10-12-22(18,19)4/h15,17-20H,1,5-13H2,2-4H3/t15-,17?,18+,19?,20?,21-,22+/m0/s1. The van der Waals surface area contributed by atoms with Gasteiger partial charge in [-0.25, -0.2) is 0 Å². The molecule has 0 heterocycles. The summed E-state index contributed by atoms with van der Waals surface area (Å²) in [4.78, 5) is 12.0. The van der Waals surface area contributed by atoms with Gasteiger partial charge in [-0.05, 0) is 92.3 Å². The highest BCUT2D eigenvalue weighted by atomic mass is 16.1. The first-order chi connectivity index (χ1) is 10.9. The number of carbonyl (C=O) groups is 1. The summed E-state index contributed by atoms with van der Waals surface area (Å²) >= 11 is 0. The van der Waals surface area contributed by atoms with Crippen LogP contribution in [0.4, 0.5) is 0 Å². The number of Topliss-reactive ketones (excluding diaryl/α,β-unsaturated/α-hetero) is 1. The third-order valence-corrected chi connectivity index (χ3v) is 9.08. The third-order valence-electron chi connectivity index (χ3n) is 9.08. The molecule has 0 saturated heterocycles. The van der Waals surface area contributed by atoms with E-state index in [0.717, 1.165) is 36.5 Å². The molecule has 0 aromatic rings. The Bertz CT molecular complexity index is 534. The normalized spacial score (nSPS) is 52.5. The van der Waals surface area contributed by atoms with E-state index >= 15 is 0 Å². The van der Waals surface area contributed by atoms with Gasteiger partial charge in [0.2, 0.25) is 0 Å². The first-order valence-corrected chi connectivity index (χ1v) is 10.0. The predicted molar refractivity (Wildman–Crippen MR) is 95.0 cm³/mol. The molecule has 4 saturated carbocycles. The van der Waals surface area contributed by atoms with Crippen LogP contribution in [0.2, 0.25) is 0 Å². The summed E-state index contributed by atoms with van der Waals surface area (Å²) in [7, 11) is 0. The van der Waals surface area contributed by atoms with Crippen LogP contribution in [0.1, 0.15) is 78.6 Å².